The summed E-state index contributed by atoms with van der Waals surface area (Å²) in [5, 5.41) is 10.9. The summed E-state index contributed by atoms with van der Waals surface area (Å²) in [6.07, 6.45) is 3.46. The number of aromatic nitrogens is 3. The SMILES string of the molecule is Cc1c(NC(=O)C2CN(c3ccc(Cl)cc3)C2)n[nH]c1-c1ccncc1. The first-order chi connectivity index (χ1) is 12.6. The van der Waals surface area contributed by atoms with Crippen LogP contribution in [0, 0.1) is 12.8 Å². The van der Waals surface area contributed by atoms with Gasteiger partial charge in [-0.05, 0) is 43.3 Å². The van der Waals surface area contributed by atoms with E-state index in [4.69, 9.17) is 11.6 Å². The van der Waals surface area contributed by atoms with Crippen molar-refractivity contribution >= 4 is 29.0 Å². The van der Waals surface area contributed by atoms with Crippen LogP contribution in [0.3, 0.4) is 0 Å². The van der Waals surface area contributed by atoms with Gasteiger partial charge in [-0.2, -0.15) is 5.10 Å². The molecule has 6 nitrogen and oxygen atoms in total. The van der Waals surface area contributed by atoms with Crippen LogP contribution in [0.5, 0.6) is 0 Å². The number of pyridine rings is 1. The summed E-state index contributed by atoms with van der Waals surface area (Å²) in [5.41, 5.74) is 3.87. The number of benzene rings is 1. The van der Waals surface area contributed by atoms with Gasteiger partial charge in [-0.25, -0.2) is 0 Å². The highest BCUT2D eigenvalue weighted by Gasteiger charge is 2.33. The highest BCUT2D eigenvalue weighted by atomic mass is 35.5. The zero-order chi connectivity index (χ0) is 18.1. The second kappa shape index (κ2) is 6.80. The summed E-state index contributed by atoms with van der Waals surface area (Å²) >= 11 is 5.91. The predicted octanol–water partition coefficient (Wildman–Crippen LogP) is 3.51. The van der Waals surface area contributed by atoms with Crippen molar-refractivity contribution in [3.05, 3.63) is 59.4 Å². The molecule has 1 fully saturated rings. The first-order valence-corrected chi connectivity index (χ1v) is 8.76. The fraction of sp³-hybridized carbons (Fsp3) is 0.211. The van der Waals surface area contributed by atoms with Crippen molar-refractivity contribution in [3.63, 3.8) is 0 Å². The molecule has 0 unspecified atom stereocenters. The molecule has 1 amide bonds. The topological polar surface area (TPSA) is 73.9 Å². The Kier molecular flexibility index (Phi) is 4.34. The van der Waals surface area contributed by atoms with Gasteiger partial charge in [0.25, 0.3) is 0 Å². The third kappa shape index (κ3) is 3.15. The van der Waals surface area contributed by atoms with Crippen LogP contribution >= 0.6 is 11.6 Å². The molecule has 0 aliphatic carbocycles. The molecule has 2 N–H and O–H groups in total. The lowest BCUT2D eigenvalue weighted by atomic mass is 9.98. The molecule has 1 saturated heterocycles. The van der Waals surface area contributed by atoms with Crippen LogP contribution in [-0.2, 0) is 4.79 Å². The van der Waals surface area contributed by atoms with Crippen LogP contribution in [0.2, 0.25) is 5.02 Å². The van der Waals surface area contributed by atoms with Crippen LogP contribution in [0.1, 0.15) is 5.56 Å². The lowest BCUT2D eigenvalue weighted by Gasteiger charge is -2.40. The zero-order valence-electron chi connectivity index (χ0n) is 14.2. The molecule has 26 heavy (non-hydrogen) atoms. The largest absolute Gasteiger partial charge is 0.370 e. The number of nitrogens with zero attached hydrogens (tertiary/aromatic N) is 3. The maximum Gasteiger partial charge on any atom is 0.232 e. The first-order valence-electron chi connectivity index (χ1n) is 8.38. The van der Waals surface area contributed by atoms with Gasteiger partial charge in [0.1, 0.15) is 0 Å². The Morgan fingerprint density at radius 2 is 1.88 bits per heavy atom. The van der Waals surface area contributed by atoms with Crippen molar-refractivity contribution in [3.8, 4) is 11.3 Å². The zero-order valence-corrected chi connectivity index (χ0v) is 15.0. The minimum atomic E-state index is -0.0499. The molecule has 3 aromatic rings. The Morgan fingerprint density at radius 1 is 1.19 bits per heavy atom. The van der Waals surface area contributed by atoms with Gasteiger partial charge in [0.15, 0.2) is 5.82 Å². The number of amides is 1. The lowest BCUT2D eigenvalue weighted by molar-refractivity contribution is -0.120. The average Bonchev–Trinajstić information content (AvgIpc) is 2.97. The van der Waals surface area contributed by atoms with Crippen molar-refractivity contribution < 1.29 is 4.79 Å². The van der Waals surface area contributed by atoms with Gasteiger partial charge < -0.3 is 10.2 Å². The predicted molar refractivity (Wildman–Crippen MR) is 102 cm³/mol. The van der Waals surface area contributed by atoms with Crippen LogP contribution < -0.4 is 10.2 Å². The maximum absolute atomic E-state index is 12.5. The van der Waals surface area contributed by atoms with Gasteiger partial charge in [-0.15, -0.1) is 0 Å². The van der Waals surface area contributed by atoms with E-state index >= 15 is 0 Å². The van der Waals surface area contributed by atoms with Crippen molar-refractivity contribution in [2.24, 2.45) is 5.92 Å². The molecule has 132 valence electrons. The highest BCUT2D eigenvalue weighted by molar-refractivity contribution is 6.30. The summed E-state index contributed by atoms with van der Waals surface area (Å²) in [6.45, 7) is 3.32. The normalized spacial score (nSPS) is 14.2. The third-order valence-corrected chi connectivity index (χ3v) is 4.92. The minimum absolute atomic E-state index is 0.00825. The number of H-pyrrole nitrogens is 1. The molecule has 0 radical (unpaired) electrons. The fourth-order valence-corrected chi connectivity index (χ4v) is 3.17. The average molecular weight is 368 g/mol. The molecular weight excluding hydrogens is 350 g/mol. The molecule has 1 aromatic carbocycles. The number of carbonyl (C=O) groups is 1. The van der Waals surface area contributed by atoms with Crippen molar-refractivity contribution in [2.75, 3.05) is 23.3 Å². The molecule has 2 aromatic heterocycles. The first kappa shape index (κ1) is 16.6. The third-order valence-electron chi connectivity index (χ3n) is 4.66. The van der Waals surface area contributed by atoms with Crippen LogP contribution in [0.15, 0.2) is 48.8 Å². The number of aromatic amines is 1. The Morgan fingerprint density at radius 3 is 2.58 bits per heavy atom. The van der Waals surface area contributed by atoms with E-state index in [0.29, 0.717) is 23.9 Å². The molecule has 3 heterocycles. The van der Waals surface area contributed by atoms with E-state index in [9.17, 15) is 4.79 Å². The van der Waals surface area contributed by atoms with Crippen molar-refractivity contribution in [2.45, 2.75) is 6.92 Å². The van der Waals surface area contributed by atoms with E-state index in [0.717, 1.165) is 22.5 Å². The Labute approximate surface area is 156 Å². The van der Waals surface area contributed by atoms with Gasteiger partial charge in [0.05, 0.1) is 11.6 Å². The summed E-state index contributed by atoms with van der Waals surface area (Å²) < 4.78 is 0. The smallest absolute Gasteiger partial charge is 0.232 e. The van der Waals surface area contributed by atoms with Gasteiger partial charge in [0, 0.05) is 47.3 Å². The molecule has 1 aliphatic heterocycles. The van der Waals surface area contributed by atoms with E-state index in [1.807, 2.05) is 43.3 Å². The Balaban J connectivity index is 1.39. The minimum Gasteiger partial charge on any atom is -0.370 e. The standard InChI is InChI=1S/C19H18ClN5O/c1-12-17(13-6-8-21-9-7-13)23-24-18(12)22-19(26)14-10-25(11-14)16-4-2-15(20)3-5-16/h2-9,14H,10-11H2,1H3,(H2,22,23,24,26). The summed E-state index contributed by atoms with van der Waals surface area (Å²) in [7, 11) is 0. The van der Waals surface area contributed by atoms with Gasteiger partial charge in [0.2, 0.25) is 5.91 Å². The summed E-state index contributed by atoms with van der Waals surface area (Å²) in [6, 6.07) is 11.5. The molecule has 1 aliphatic rings. The van der Waals surface area contributed by atoms with Gasteiger partial charge in [-0.1, -0.05) is 11.6 Å². The molecule has 0 saturated carbocycles. The van der Waals surface area contributed by atoms with E-state index in [1.165, 1.54) is 0 Å². The number of hydrogen-bond donors (Lipinski definition) is 2. The Hall–Kier alpha value is -2.86. The molecular formula is C19H18ClN5O. The van der Waals surface area contributed by atoms with Crippen molar-refractivity contribution in [1.82, 2.24) is 15.2 Å². The number of hydrogen-bond acceptors (Lipinski definition) is 4. The molecule has 0 atom stereocenters. The fourth-order valence-electron chi connectivity index (χ4n) is 3.05. The summed E-state index contributed by atoms with van der Waals surface area (Å²) in [4.78, 5) is 18.7. The molecule has 0 spiro atoms. The maximum atomic E-state index is 12.5. The second-order valence-corrected chi connectivity index (χ2v) is 6.81. The Bertz CT molecular complexity index is 917. The van der Waals surface area contributed by atoms with E-state index in [-0.39, 0.29) is 11.8 Å². The second-order valence-electron chi connectivity index (χ2n) is 6.38. The lowest BCUT2D eigenvalue weighted by Crippen LogP contribution is -2.52. The van der Waals surface area contributed by atoms with Crippen LogP contribution in [-0.4, -0.2) is 34.2 Å². The molecule has 7 heteroatoms. The van der Waals surface area contributed by atoms with E-state index in [1.54, 1.807) is 12.4 Å². The number of rotatable bonds is 4. The van der Waals surface area contributed by atoms with Gasteiger partial charge >= 0.3 is 0 Å². The number of anilines is 2. The quantitative estimate of drug-likeness (QED) is 0.740. The number of nitrogens with one attached hydrogen (secondary N) is 2. The number of halogens is 1. The van der Waals surface area contributed by atoms with Crippen molar-refractivity contribution in [1.29, 1.82) is 0 Å². The highest BCUT2D eigenvalue weighted by Crippen LogP contribution is 2.28. The molecule has 4 rings (SSSR count). The van der Waals surface area contributed by atoms with Crippen LogP contribution in [0.4, 0.5) is 11.5 Å². The van der Waals surface area contributed by atoms with Crippen LogP contribution in [0.25, 0.3) is 11.3 Å². The van der Waals surface area contributed by atoms with E-state index < -0.39 is 0 Å². The monoisotopic (exact) mass is 367 g/mol. The van der Waals surface area contributed by atoms with Gasteiger partial charge in [-0.3, -0.25) is 14.9 Å². The number of carbonyl (C=O) groups excluding carboxylic acids is 1. The molecule has 0 bridgehead atoms. The van der Waals surface area contributed by atoms with E-state index in [2.05, 4.69) is 25.4 Å². The summed E-state index contributed by atoms with van der Waals surface area (Å²) in [5.74, 6) is 0.518.